The Hall–Kier alpha value is -0.570. The van der Waals surface area contributed by atoms with Crippen molar-refractivity contribution in [2.24, 2.45) is 11.8 Å². The second-order valence-electron chi connectivity index (χ2n) is 5.01. The lowest BCUT2D eigenvalue weighted by Gasteiger charge is -2.24. The van der Waals surface area contributed by atoms with Gasteiger partial charge in [-0.2, -0.15) is 0 Å². The molecule has 0 aliphatic heterocycles. The van der Waals surface area contributed by atoms with Gasteiger partial charge in [0.25, 0.3) is 0 Å². The topological polar surface area (TPSA) is 49.3 Å². The number of nitrogens with one attached hydrogen (secondary N) is 1. The van der Waals surface area contributed by atoms with E-state index < -0.39 is 12.0 Å². The van der Waals surface area contributed by atoms with Gasteiger partial charge in [0.1, 0.15) is 6.04 Å². The van der Waals surface area contributed by atoms with Crippen LogP contribution in [0.15, 0.2) is 0 Å². The number of carboxylic acid groups (broad SMARTS) is 1. The van der Waals surface area contributed by atoms with Gasteiger partial charge in [0.15, 0.2) is 0 Å². The van der Waals surface area contributed by atoms with Crippen LogP contribution < -0.4 is 5.32 Å². The van der Waals surface area contributed by atoms with Crippen molar-refractivity contribution in [1.29, 1.82) is 0 Å². The Labute approximate surface area is 92.3 Å². The molecule has 2 N–H and O–H groups in total. The molecule has 88 valence electrons. The molecule has 2 atom stereocenters. The molecule has 0 radical (unpaired) electrons. The van der Waals surface area contributed by atoms with Crippen molar-refractivity contribution < 1.29 is 9.90 Å². The zero-order valence-electron chi connectivity index (χ0n) is 9.99. The Morgan fingerprint density at radius 3 is 2.40 bits per heavy atom. The third-order valence-corrected chi connectivity index (χ3v) is 3.16. The molecular weight excluding hydrogens is 190 g/mol. The molecule has 0 spiro atoms. The Morgan fingerprint density at radius 1 is 1.47 bits per heavy atom. The predicted molar refractivity (Wildman–Crippen MR) is 60.8 cm³/mol. The molecule has 3 heteroatoms. The van der Waals surface area contributed by atoms with Crippen molar-refractivity contribution in [3.8, 4) is 0 Å². The van der Waals surface area contributed by atoms with Crippen LogP contribution in [0.5, 0.6) is 0 Å². The minimum atomic E-state index is -0.723. The van der Waals surface area contributed by atoms with Crippen LogP contribution in [0.25, 0.3) is 0 Å². The average Bonchev–Trinajstić information content (AvgIpc) is 2.94. The molecule has 1 rings (SSSR count). The zero-order chi connectivity index (χ0) is 11.4. The van der Waals surface area contributed by atoms with Crippen LogP contribution in [0.2, 0.25) is 0 Å². The van der Waals surface area contributed by atoms with Gasteiger partial charge in [0.2, 0.25) is 0 Å². The Kier molecular flexibility index (Phi) is 4.58. The summed E-state index contributed by atoms with van der Waals surface area (Å²) in [5.41, 5.74) is 0. The summed E-state index contributed by atoms with van der Waals surface area (Å²) in [5.74, 6) is 0.277. The second kappa shape index (κ2) is 5.50. The summed E-state index contributed by atoms with van der Waals surface area (Å²) in [6, 6.07) is -0.0188. The molecule has 1 aliphatic rings. The van der Waals surface area contributed by atoms with E-state index in [0.29, 0.717) is 6.04 Å². The highest BCUT2D eigenvalue weighted by molar-refractivity contribution is 5.73. The summed E-state index contributed by atoms with van der Waals surface area (Å²) >= 11 is 0. The SMILES string of the molecule is CCC(CC1CC1)NC(C(=O)O)C(C)C. The first-order valence-electron chi connectivity index (χ1n) is 6.03. The molecule has 0 aromatic rings. The number of carboxylic acids is 1. The Bertz CT molecular complexity index is 212. The van der Waals surface area contributed by atoms with Gasteiger partial charge >= 0.3 is 5.97 Å². The Morgan fingerprint density at radius 2 is 2.07 bits per heavy atom. The summed E-state index contributed by atoms with van der Waals surface area (Å²) < 4.78 is 0. The number of carbonyl (C=O) groups is 1. The van der Waals surface area contributed by atoms with Crippen LogP contribution in [-0.2, 0) is 4.79 Å². The Balaban J connectivity index is 2.41. The second-order valence-corrected chi connectivity index (χ2v) is 5.01. The molecular formula is C12H23NO2. The molecule has 0 aromatic carbocycles. The quantitative estimate of drug-likeness (QED) is 0.682. The fourth-order valence-corrected chi connectivity index (χ4v) is 1.91. The molecule has 0 saturated heterocycles. The molecule has 2 unspecified atom stereocenters. The molecule has 0 aromatic heterocycles. The van der Waals surface area contributed by atoms with E-state index in [2.05, 4.69) is 12.2 Å². The average molecular weight is 213 g/mol. The third-order valence-electron chi connectivity index (χ3n) is 3.16. The van der Waals surface area contributed by atoms with Crippen LogP contribution in [0.3, 0.4) is 0 Å². The molecule has 1 saturated carbocycles. The van der Waals surface area contributed by atoms with Gasteiger partial charge in [-0.1, -0.05) is 33.6 Å². The summed E-state index contributed by atoms with van der Waals surface area (Å²) in [5, 5.41) is 12.3. The maximum atomic E-state index is 11.0. The normalized spacial score (nSPS) is 20.3. The highest BCUT2D eigenvalue weighted by atomic mass is 16.4. The fraction of sp³-hybridized carbons (Fsp3) is 0.917. The lowest BCUT2D eigenvalue weighted by atomic mass is 10.0. The lowest BCUT2D eigenvalue weighted by molar-refractivity contribution is -0.140. The van der Waals surface area contributed by atoms with Crippen molar-refractivity contribution in [3.63, 3.8) is 0 Å². The van der Waals surface area contributed by atoms with Gasteiger partial charge in [-0.15, -0.1) is 0 Å². The number of hydrogen-bond donors (Lipinski definition) is 2. The summed E-state index contributed by atoms with van der Waals surface area (Å²) in [6.45, 7) is 6.03. The largest absolute Gasteiger partial charge is 0.480 e. The van der Waals surface area contributed by atoms with E-state index in [9.17, 15) is 4.79 Å². The highest BCUT2D eigenvalue weighted by Gasteiger charge is 2.28. The van der Waals surface area contributed by atoms with Crippen LogP contribution in [-0.4, -0.2) is 23.2 Å². The third kappa shape index (κ3) is 4.20. The van der Waals surface area contributed by atoms with Gasteiger partial charge in [0.05, 0.1) is 0 Å². The number of rotatable bonds is 7. The van der Waals surface area contributed by atoms with Gasteiger partial charge in [-0.05, 0) is 24.7 Å². The fourth-order valence-electron chi connectivity index (χ4n) is 1.91. The number of hydrogen-bond acceptors (Lipinski definition) is 2. The van der Waals surface area contributed by atoms with Crippen molar-refractivity contribution in [2.45, 2.75) is 58.5 Å². The molecule has 0 amide bonds. The van der Waals surface area contributed by atoms with Crippen molar-refractivity contribution in [2.75, 3.05) is 0 Å². The first kappa shape index (κ1) is 12.5. The van der Waals surface area contributed by atoms with Crippen LogP contribution in [0.4, 0.5) is 0 Å². The summed E-state index contributed by atoms with van der Waals surface area (Å²) in [4.78, 5) is 11.0. The van der Waals surface area contributed by atoms with E-state index in [1.54, 1.807) is 0 Å². The smallest absolute Gasteiger partial charge is 0.320 e. The summed E-state index contributed by atoms with van der Waals surface area (Å²) in [7, 11) is 0. The van der Waals surface area contributed by atoms with E-state index in [1.165, 1.54) is 12.8 Å². The minimum absolute atomic E-state index is 0.149. The first-order chi connectivity index (χ1) is 7.04. The monoisotopic (exact) mass is 213 g/mol. The molecule has 3 nitrogen and oxygen atoms in total. The predicted octanol–water partition coefficient (Wildman–Crippen LogP) is 2.26. The molecule has 0 heterocycles. The van der Waals surface area contributed by atoms with E-state index in [0.717, 1.165) is 18.8 Å². The van der Waals surface area contributed by atoms with E-state index in [-0.39, 0.29) is 5.92 Å². The van der Waals surface area contributed by atoms with E-state index in [1.807, 2.05) is 13.8 Å². The minimum Gasteiger partial charge on any atom is -0.480 e. The van der Waals surface area contributed by atoms with Crippen LogP contribution in [0, 0.1) is 11.8 Å². The van der Waals surface area contributed by atoms with Crippen LogP contribution >= 0.6 is 0 Å². The zero-order valence-corrected chi connectivity index (χ0v) is 9.99. The molecule has 0 bridgehead atoms. The maximum Gasteiger partial charge on any atom is 0.320 e. The maximum absolute atomic E-state index is 11.0. The lowest BCUT2D eigenvalue weighted by Crippen LogP contribution is -2.46. The van der Waals surface area contributed by atoms with Crippen LogP contribution in [0.1, 0.15) is 46.5 Å². The van der Waals surface area contributed by atoms with Gasteiger partial charge in [-0.3, -0.25) is 4.79 Å². The molecule has 1 fully saturated rings. The highest BCUT2D eigenvalue weighted by Crippen LogP contribution is 2.34. The molecule has 15 heavy (non-hydrogen) atoms. The summed E-state index contributed by atoms with van der Waals surface area (Å²) in [6.07, 6.45) is 4.83. The van der Waals surface area contributed by atoms with Crippen molar-refractivity contribution in [1.82, 2.24) is 5.32 Å². The van der Waals surface area contributed by atoms with E-state index in [4.69, 9.17) is 5.11 Å². The van der Waals surface area contributed by atoms with Gasteiger partial charge in [-0.25, -0.2) is 0 Å². The van der Waals surface area contributed by atoms with E-state index >= 15 is 0 Å². The number of aliphatic carboxylic acids is 1. The molecule has 1 aliphatic carbocycles. The van der Waals surface area contributed by atoms with Crippen molar-refractivity contribution in [3.05, 3.63) is 0 Å². The van der Waals surface area contributed by atoms with Gasteiger partial charge in [0, 0.05) is 6.04 Å². The van der Waals surface area contributed by atoms with Crippen molar-refractivity contribution >= 4 is 5.97 Å². The standard InChI is InChI=1S/C12H23NO2/c1-4-10(7-9-5-6-9)13-11(8(2)3)12(14)15/h8-11,13H,4-7H2,1-3H3,(H,14,15). The first-order valence-corrected chi connectivity index (χ1v) is 6.03. The van der Waals surface area contributed by atoms with Gasteiger partial charge < -0.3 is 10.4 Å².